The van der Waals surface area contributed by atoms with E-state index in [1.807, 2.05) is 0 Å². The average Bonchev–Trinajstić information content (AvgIpc) is 2.48. The van der Waals surface area contributed by atoms with Crippen molar-refractivity contribution in [1.29, 1.82) is 0 Å². The van der Waals surface area contributed by atoms with Gasteiger partial charge in [-0.3, -0.25) is 0 Å². The highest BCUT2D eigenvalue weighted by Crippen LogP contribution is 2.26. The largest absolute Gasteiger partial charge is 0.381 e. The van der Waals surface area contributed by atoms with Gasteiger partial charge >= 0.3 is 5.76 Å². The lowest BCUT2D eigenvalue weighted by molar-refractivity contribution is 0.0628. The van der Waals surface area contributed by atoms with Crippen molar-refractivity contribution in [2.45, 2.75) is 29.0 Å². The van der Waals surface area contributed by atoms with Crippen LogP contribution in [0.15, 0.2) is 29.2 Å². The fourth-order valence-electron chi connectivity index (χ4n) is 2.28. The van der Waals surface area contributed by atoms with Crippen LogP contribution in [-0.4, -0.2) is 39.5 Å². The van der Waals surface area contributed by atoms with Gasteiger partial charge in [0.15, 0.2) is 0 Å². The third-order valence-electron chi connectivity index (χ3n) is 3.67. The number of alkyl halides is 2. The minimum atomic E-state index is -4.55. The number of nitrogens with one attached hydrogen (secondary N) is 1. The first-order valence-corrected chi connectivity index (χ1v) is 8.12. The molecule has 3 N–H and O–H groups in total. The van der Waals surface area contributed by atoms with Gasteiger partial charge in [0.05, 0.1) is 10.4 Å². The quantitative estimate of drug-likeness (QED) is 0.861. The van der Waals surface area contributed by atoms with Gasteiger partial charge in [0.2, 0.25) is 9.84 Å². The number of benzene rings is 1. The fraction of sp³-hybridized carbons (Fsp3) is 0.538. The van der Waals surface area contributed by atoms with E-state index in [-0.39, 0.29) is 5.54 Å². The summed E-state index contributed by atoms with van der Waals surface area (Å²) in [5.74, 6) is -3.41. The first-order valence-electron chi connectivity index (χ1n) is 6.58. The Hall–Kier alpha value is -1.25. The van der Waals surface area contributed by atoms with E-state index in [0.29, 0.717) is 25.4 Å². The molecule has 118 valence electrons. The Morgan fingerprint density at radius 1 is 1.24 bits per heavy atom. The van der Waals surface area contributed by atoms with Crippen LogP contribution in [0.4, 0.5) is 14.5 Å². The number of anilines is 1. The van der Waals surface area contributed by atoms with Gasteiger partial charge in [-0.25, -0.2) is 8.42 Å². The van der Waals surface area contributed by atoms with Crippen molar-refractivity contribution >= 4 is 15.5 Å². The molecule has 1 saturated heterocycles. The lowest BCUT2D eigenvalue weighted by Gasteiger charge is -2.37. The Kier molecular flexibility index (Phi) is 4.80. The van der Waals surface area contributed by atoms with E-state index in [4.69, 9.17) is 10.5 Å². The minimum absolute atomic E-state index is 0.304. The zero-order valence-electron chi connectivity index (χ0n) is 11.4. The lowest BCUT2D eigenvalue weighted by Crippen LogP contribution is -2.49. The van der Waals surface area contributed by atoms with Crippen molar-refractivity contribution in [3.05, 3.63) is 24.3 Å². The van der Waals surface area contributed by atoms with Crippen molar-refractivity contribution in [3.8, 4) is 0 Å². The van der Waals surface area contributed by atoms with Crippen LogP contribution in [0.5, 0.6) is 0 Å². The summed E-state index contributed by atoms with van der Waals surface area (Å²) in [6.07, 6.45) is 1.47. The van der Waals surface area contributed by atoms with E-state index in [1.165, 1.54) is 24.3 Å². The number of halogens is 2. The van der Waals surface area contributed by atoms with Crippen molar-refractivity contribution < 1.29 is 21.9 Å². The summed E-state index contributed by atoms with van der Waals surface area (Å²) in [6, 6.07) is 5.30. The van der Waals surface area contributed by atoms with Gasteiger partial charge in [-0.1, -0.05) is 0 Å². The Labute approximate surface area is 122 Å². The van der Waals surface area contributed by atoms with Crippen LogP contribution >= 0.6 is 0 Å². The van der Waals surface area contributed by atoms with E-state index in [9.17, 15) is 17.2 Å². The van der Waals surface area contributed by atoms with Crippen molar-refractivity contribution in [3.63, 3.8) is 0 Å². The highest BCUT2D eigenvalue weighted by atomic mass is 32.2. The van der Waals surface area contributed by atoms with Crippen LogP contribution in [0.3, 0.4) is 0 Å². The smallest absolute Gasteiger partial charge is 0.341 e. The van der Waals surface area contributed by atoms with Crippen molar-refractivity contribution in [1.82, 2.24) is 0 Å². The summed E-state index contributed by atoms with van der Waals surface area (Å²) in [5, 5.41) is 3.26. The Bertz CT molecular complexity index is 570. The molecule has 21 heavy (non-hydrogen) atoms. The summed E-state index contributed by atoms with van der Waals surface area (Å²) < 4.78 is 52.9. The normalized spacial score (nSPS) is 18.7. The van der Waals surface area contributed by atoms with Gasteiger partial charge in [0.1, 0.15) is 0 Å². The SMILES string of the molecule is NCC1(Nc2ccc(S(=O)(=O)C(F)F)cc2)CCOCC1. The predicted molar refractivity (Wildman–Crippen MR) is 75.1 cm³/mol. The van der Waals surface area contributed by atoms with E-state index >= 15 is 0 Å². The maximum Gasteiger partial charge on any atom is 0.341 e. The summed E-state index contributed by atoms with van der Waals surface area (Å²) in [4.78, 5) is -0.392. The van der Waals surface area contributed by atoms with Crippen LogP contribution in [-0.2, 0) is 14.6 Å². The topological polar surface area (TPSA) is 81.4 Å². The zero-order chi connectivity index (χ0) is 15.5. The molecule has 1 aromatic carbocycles. The zero-order valence-corrected chi connectivity index (χ0v) is 12.2. The van der Waals surface area contributed by atoms with Gasteiger partial charge < -0.3 is 15.8 Å². The van der Waals surface area contributed by atoms with Crippen LogP contribution in [0, 0.1) is 0 Å². The van der Waals surface area contributed by atoms with Crippen LogP contribution in [0.2, 0.25) is 0 Å². The van der Waals surface area contributed by atoms with Crippen LogP contribution < -0.4 is 11.1 Å². The second-order valence-electron chi connectivity index (χ2n) is 5.05. The number of nitrogens with two attached hydrogens (primary N) is 1. The summed E-state index contributed by atoms with van der Waals surface area (Å²) in [6.45, 7) is 1.61. The monoisotopic (exact) mass is 320 g/mol. The van der Waals surface area contributed by atoms with E-state index in [1.54, 1.807) is 0 Å². The van der Waals surface area contributed by atoms with E-state index < -0.39 is 20.5 Å². The van der Waals surface area contributed by atoms with Crippen molar-refractivity contribution in [2.24, 2.45) is 5.73 Å². The Morgan fingerprint density at radius 3 is 2.29 bits per heavy atom. The number of ether oxygens (including phenoxy) is 1. The second kappa shape index (κ2) is 6.25. The van der Waals surface area contributed by atoms with Crippen molar-refractivity contribution in [2.75, 3.05) is 25.1 Å². The van der Waals surface area contributed by atoms with Crippen LogP contribution in [0.25, 0.3) is 0 Å². The molecule has 1 aliphatic heterocycles. The van der Waals surface area contributed by atoms with Crippen LogP contribution in [0.1, 0.15) is 12.8 Å². The molecule has 1 aromatic rings. The summed E-state index contributed by atoms with van der Waals surface area (Å²) >= 11 is 0. The molecule has 0 radical (unpaired) electrons. The van der Waals surface area contributed by atoms with E-state index in [2.05, 4.69) is 5.32 Å². The van der Waals surface area contributed by atoms with E-state index in [0.717, 1.165) is 12.8 Å². The molecule has 2 rings (SSSR count). The standard InChI is InChI=1S/C13H18F2N2O3S/c14-12(15)21(18,19)11-3-1-10(2-4-11)17-13(9-16)5-7-20-8-6-13/h1-4,12,17H,5-9,16H2. The predicted octanol–water partition coefficient (Wildman–Crippen LogP) is 1.60. The average molecular weight is 320 g/mol. The Balaban J connectivity index is 2.16. The molecule has 0 unspecified atom stereocenters. The van der Waals surface area contributed by atoms with Gasteiger partial charge in [0.25, 0.3) is 0 Å². The number of hydrogen-bond donors (Lipinski definition) is 2. The fourth-order valence-corrected chi connectivity index (χ4v) is 3.00. The molecule has 0 aromatic heterocycles. The molecule has 0 atom stereocenters. The number of hydrogen-bond acceptors (Lipinski definition) is 5. The Morgan fingerprint density at radius 2 is 1.81 bits per heavy atom. The molecule has 8 heteroatoms. The molecular weight excluding hydrogens is 302 g/mol. The maximum atomic E-state index is 12.5. The third kappa shape index (κ3) is 3.50. The first kappa shape index (κ1) is 16.1. The molecule has 1 fully saturated rings. The second-order valence-corrected chi connectivity index (χ2v) is 6.97. The third-order valence-corrected chi connectivity index (χ3v) is 5.07. The lowest BCUT2D eigenvalue weighted by atomic mass is 9.90. The highest BCUT2D eigenvalue weighted by molar-refractivity contribution is 7.91. The summed E-state index contributed by atoms with van der Waals surface area (Å²) in [5.41, 5.74) is 6.16. The van der Waals surface area contributed by atoms with Gasteiger partial charge in [-0.05, 0) is 37.1 Å². The van der Waals surface area contributed by atoms with Gasteiger partial charge in [-0.15, -0.1) is 0 Å². The molecule has 1 aliphatic rings. The molecule has 0 spiro atoms. The number of sulfone groups is 1. The molecule has 0 aliphatic carbocycles. The molecule has 0 amide bonds. The minimum Gasteiger partial charge on any atom is -0.381 e. The maximum absolute atomic E-state index is 12.5. The highest BCUT2D eigenvalue weighted by Gasteiger charge is 2.31. The van der Waals surface area contributed by atoms with Gasteiger partial charge in [-0.2, -0.15) is 8.78 Å². The van der Waals surface area contributed by atoms with Gasteiger partial charge in [0, 0.05) is 25.4 Å². The first-order chi connectivity index (χ1) is 9.89. The number of rotatable bonds is 5. The molecule has 0 bridgehead atoms. The summed E-state index contributed by atoms with van der Waals surface area (Å²) in [7, 11) is -4.55. The molecule has 5 nitrogen and oxygen atoms in total. The molecule has 1 heterocycles. The molecule has 0 saturated carbocycles. The molecular formula is C13H18F2N2O3S.